The molecule has 0 aliphatic heterocycles. The molecule has 1 rings (SSSR count). The van der Waals surface area contributed by atoms with Gasteiger partial charge < -0.3 is 15.4 Å². The van der Waals surface area contributed by atoms with Crippen LogP contribution in [0.25, 0.3) is 0 Å². The second-order valence-electron chi connectivity index (χ2n) is 5.87. The molecule has 4 nitrogen and oxygen atoms in total. The SMILES string of the molecule is CCc1cccc(NC(CNC)OCNC(CC)CC)c1CC. The zero-order chi connectivity index (χ0) is 17.1. The van der Waals surface area contributed by atoms with E-state index in [0.717, 1.165) is 32.2 Å². The van der Waals surface area contributed by atoms with Crippen LogP contribution < -0.4 is 16.0 Å². The van der Waals surface area contributed by atoms with E-state index in [1.165, 1.54) is 16.8 Å². The molecule has 132 valence electrons. The van der Waals surface area contributed by atoms with E-state index in [-0.39, 0.29) is 6.23 Å². The third kappa shape index (κ3) is 6.50. The molecule has 23 heavy (non-hydrogen) atoms. The molecule has 0 amide bonds. The number of hydrogen-bond donors (Lipinski definition) is 3. The third-order valence-electron chi connectivity index (χ3n) is 4.36. The van der Waals surface area contributed by atoms with Gasteiger partial charge in [0, 0.05) is 18.3 Å². The third-order valence-corrected chi connectivity index (χ3v) is 4.36. The highest BCUT2D eigenvalue weighted by atomic mass is 16.5. The number of nitrogens with one attached hydrogen (secondary N) is 3. The highest BCUT2D eigenvalue weighted by Crippen LogP contribution is 2.22. The molecular weight excluding hydrogens is 286 g/mol. The first kappa shape index (κ1) is 19.9. The van der Waals surface area contributed by atoms with Crippen LogP contribution >= 0.6 is 0 Å². The lowest BCUT2D eigenvalue weighted by Crippen LogP contribution is -2.39. The number of hydrogen-bond acceptors (Lipinski definition) is 4. The molecule has 0 heterocycles. The molecular formula is C19H35N3O. The Labute approximate surface area is 142 Å². The molecule has 1 aromatic rings. The lowest BCUT2D eigenvalue weighted by atomic mass is 10.0. The van der Waals surface area contributed by atoms with Crippen molar-refractivity contribution >= 4 is 5.69 Å². The zero-order valence-corrected chi connectivity index (χ0v) is 15.5. The molecule has 0 saturated carbocycles. The Kier molecular flexibility index (Phi) is 9.92. The van der Waals surface area contributed by atoms with Crippen molar-refractivity contribution < 1.29 is 4.74 Å². The second kappa shape index (κ2) is 11.4. The maximum Gasteiger partial charge on any atom is 0.142 e. The number of aryl methyl sites for hydroxylation is 1. The lowest BCUT2D eigenvalue weighted by molar-refractivity contribution is 0.0528. The summed E-state index contributed by atoms with van der Waals surface area (Å²) in [5.74, 6) is 0. The number of ether oxygens (including phenoxy) is 1. The summed E-state index contributed by atoms with van der Waals surface area (Å²) in [6.45, 7) is 10.2. The number of benzene rings is 1. The van der Waals surface area contributed by atoms with E-state index in [9.17, 15) is 0 Å². The van der Waals surface area contributed by atoms with Crippen molar-refractivity contribution in [1.82, 2.24) is 10.6 Å². The van der Waals surface area contributed by atoms with Gasteiger partial charge in [-0.3, -0.25) is 5.32 Å². The van der Waals surface area contributed by atoms with Crippen molar-refractivity contribution in [2.24, 2.45) is 0 Å². The van der Waals surface area contributed by atoms with Crippen LogP contribution in [0.15, 0.2) is 18.2 Å². The van der Waals surface area contributed by atoms with Crippen LogP contribution in [0.5, 0.6) is 0 Å². The van der Waals surface area contributed by atoms with Crippen LogP contribution in [0.1, 0.15) is 51.7 Å². The van der Waals surface area contributed by atoms with E-state index in [2.05, 4.69) is 61.8 Å². The molecule has 0 fully saturated rings. The average molecular weight is 322 g/mol. The van der Waals surface area contributed by atoms with E-state index >= 15 is 0 Å². The fourth-order valence-electron chi connectivity index (χ4n) is 2.87. The molecule has 1 aromatic carbocycles. The van der Waals surface area contributed by atoms with Crippen LogP contribution in [-0.4, -0.2) is 32.6 Å². The molecule has 0 bridgehead atoms. The monoisotopic (exact) mass is 321 g/mol. The van der Waals surface area contributed by atoms with Crippen LogP contribution in [0.2, 0.25) is 0 Å². The smallest absolute Gasteiger partial charge is 0.142 e. The lowest BCUT2D eigenvalue weighted by Gasteiger charge is -2.24. The van der Waals surface area contributed by atoms with Crippen molar-refractivity contribution in [3.63, 3.8) is 0 Å². The molecule has 0 saturated heterocycles. The van der Waals surface area contributed by atoms with Gasteiger partial charge in [-0.15, -0.1) is 0 Å². The summed E-state index contributed by atoms with van der Waals surface area (Å²) in [5, 5.41) is 10.2. The highest BCUT2D eigenvalue weighted by Gasteiger charge is 2.12. The Bertz CT molecular complexity index is 433. The second-order valence-corrected chi connectivity index (χ2v) is 5.87. The van der Waals surface area contributed by atoms with E-state index < -0.39 is 0 Å². The minimum atomic E-state index is -0.0423. The molecule has 0 radical (unpaired) electrons. The largest absolute Gasteiger partial charge is 0.359 e. The van der Waals surface area contributed by atoms with Gasteiger partial charge in [-0.1, -0.05) is 39.8 Å². The van der Waals surface area contributed by atoms with Crippen molar-refractivity contribution in [1.29, 1.82) is 0 Å². The summed E-state index contributed by atoms with van der Waals surface area (Å²) in [6.07, 6.45) is 4.31. The Morgan fingerprint density at radius 2 is 1.78 bits per heavy atom. The Balaban J connectivity index is 2.68. The summed E-state index contributed by atoms with van der Waals surface area (Å²) in [6, 6.07) is 7.02. The summed E-state index contributed by atoms with van der Waals surface area (Å²) in [7, 11) is 1.95. The highest BCUT2D eigenvalue weighted by molar-refractivity contribution is 5.55. The van der Waals surface area contributed by atoms with E-state index in [1.807, 2.05) is 7.05 Å². The van der Waals surface area contributed by atoms with Crippen LogP contribution in [0, 0.1) is 0 Å². The quantitative estimate of drug-likeness (QED) is 0.516. The molecule has 1 atom stereocenters. The molecule has 0 aromatic heterocycles. The summed E-state index contributed by atoms with van der Waals surface area (Å²) in [4.78, 5) is 0. The molecule has 3 N–H and O–H groups in total. The van der Waals surface area contributed by atoms with E-state index in [0.29, 0.717) is 12.8 Å². The minimum absolute atomic E-state index is 0.0423. The van der Waals surface area contributed by atoms with Gasteiger partial charge in [0.15, 0.2) is 0 Å². The molecule has 0 spiro atoms. The standard InChI is InChI=1S/C19H35N3O/c1-6-15-11-10-12-18(17(15)9-4)22-19(13-20-5)23-14-21-16(7-2)8-3/h10-12,16,19-22H,6-9,13-14H2,1-5H3. The predicted octanol–water partition coefficient (Wildman–Crippen LogP) is 3.52. The molecule has 1 unspecified atom stereocenters. The first-order valence-corrected chi connectivity index (χ1v) is 9.06. The van der Waals surface area contributed by atoms with E-state index in [4.69, 9.17) is 4.74 Å². The zero-order valence-electron chi connectivity index (χ0n) is 15.5. The van der Waals surface area contributed by atoms with Crippen molar-refractivity contribution in [3.05, 3.63) is 29.3 Å². The number of likely N-dealkylation sites (N-methyl/N-ethyl adjacent to an activating group) is 1. The first-order valence-electron chi connectivity index (χ1n) is 9.06. The summed E-state index contributed by atoms with van der Waals surface area (Å²) in [5.41, 5.74) is 4.00. The summed E-state index contributed by atoms with van der Waals surface area (Å²) < 4.78 is 6.01. The van der Waals surface area contributed by atoms with E-state index in [1.54, 1.807) is 0 Å². The van der Waals surface area contributed by atoms with Gasteiger partial charge >= 0.3 is 0 Å². The number of anilines is 1. The fourth-order valence-corrected chi connectivity index (χ4v) is 2.87. The van der Waals surface area contributed by atoms with Gasteiger partial charge in [0.25, 0.3) is 0 Å². The summed E-state index contributed by atoms with van der Waals surface area (Å²) >= 11 is 0. The van der Waals surface area contributed by atoms with Crippen LogP contribution in [0.4, 0.5) is 5.69 Å². The predicted molar refractivity (Wildman–Crippen MR) is 100.0 cm³/mol. The topological polar surface area (TPSA) is 45.3 Å². The Morgan fingerprint density at radius 1 is 1.04 bits per heavy atom. The Morgan fingerprint density at radius 3 is 2.35 bits per heavy atom. The maximum atomic E-state index is 6.01. The van der Waals surface area contributed by atoms with Gasteiger partial charge in [0.2, 0.25) is 0 Å². The van der Waals surface area contributed by atoms with Crippen molar-refractivity contribution in [3.8, 4) is 0 Å². The van der Waals surface area contributed by atoms with Crippen LogP contribution in [-0.2, 0) is 17.6 Å². The van der Waals surface area contributed by atoms with Gasteiger partial charge in [-0.2, -0.15) is 0 Å². The normalized spacial score (nSPS) is 12.6. The first-order chi connectivity index (χ1) is 11.2. The van der Waals surface area contributed by atoms with Gasteiger partial charge in [0.1, 0.15) is 6.23 Å². The molecule has 0 aliphatic rings. The average Bonchev–Trinajstić information content (AvgIpc) is 2.58. The fraction of sp³-hybridized carbons (Fsp3) is 0.684. The van der Waals surface area contributed by atoms with Crippen LogP contribution in [0.3, 0.4) is 0 Å². The Hall–Kier alpha value is -1.10. The van der Waals surface area contributed by atoms with Gasteiger partial charge in [-0.05, 0) is 49.9 Å². The van der Waals surface area contributed by atoms with Crippen molar-refractivity contribution in [2.45, 2.75) is 65.6 Å². The maximum absolute atomic E-state index is 6.01. The van der Waals surface area contributed by atoms with Crippen molar-refractivity contribution in [2.75, 3.05) is 25.6 Å². The molecule has 0 aliphatic carbocycles. The molecule has 4 heteroatoms. The van der Waals surface area contributed by atoms with Gasteiger partial charge in [-0.25, -0.2) is 0 Å². The minimum Gasteiger partial charge on any atom is -0.359 e. The number of rotatable bonds is 12. The van der Waals surface area contributed by atoms with Gasteiger partial charge in [0.05, 0.1) is 6.73 Å².